The largest absolute Gasteiger partial charge is 0.495 e. The van der Waals surface area contributed by atoms with E-state index in [4.69, 9.17) is 37.6 Å². The molecule has 1 aromatic heterocycles. The molecule has 0 radical (unpaired) electrons. The predicted molar refractivity (Wildman–Crippen MR) is 114 cm³/mol. The van der Waals surface area contributed by atoms with Gasteiger partial charge in [-0.1, -0.05) is 23.7 Å². The minimum Gasteiger partial charge on any atom is -0.495 e. The van der Waals surface area contributed by atoms with Crippen LogP contribution in [-0.2, 0) is 11.3 Å². The van der Waals surface area contributed by atoms with Crippen molar-refractivity contribution in [1.29, 1.82) is 0 Å². The first kappa shape index (κ1) is 19.2. The molecule has 0 bridgehead atoms. The van der Waals surface area contributed by atoms with E-state index >= 15 is 0 Å². The molecule has 0 aliphatic carbocycles. The number of benzene rings is 2. The lowest BCUT2D eigenvalue weighted by Gasteiger charge is -2.27. The Morgan fingerprint density at radius 3 is 2.76 bits per heavy atom. The van der Waals surface area contributed by atoms with Crippen LogP contribution in [0.4, 0.5) is 17.5 Å². The van der Waals surface area contributed by atoms with Crippen LogP contribution in [0.15, 0.2) is 36.4 Å². The SMILES string of the molecule is [C-]#[N+]c1ccc2nc(N3CCOCC3)nc(NCc3ccc(OC)c(Cl)c3)c2c1. The Labute approximate surface area is 174 Å². The Kier molecular flexibility index (Phi) is 5.65. The minimum atomic E-state index is 0.528. The Hall–Kier alpha value is -3.08. The smallest absolute Gasteiger partial charge is 0.228 e. The zero-order chi connectivity index (χ0) is 20.2. The summed E-state index contributed by atoms with van der Waals surface area (Å²) in [6.45, 7) is 10.6. The quantitative estimate of drug-likeness (QED) is 0.634. The molecule has 0 atom stereocenters. The third-order valence-corrected chi connectivity index (χ3v) is 5.06. The highest BCUT2D eigenvalue weighted by molar-refractivity contribution is 6.32. The lowest BCUT2D eigenvalue weighted by molar-refractivity contribution is 0.122. The van der Waals surface area contributed by atoms with Crippen LogP contribution in [-0.4, -0.2) is 43.4 Å². The van der Waals surface area contributed by atoms with Crippen molar-refractivity contribution in [2.45, 2.75) is 6.54 Å². The maximum atomic E-state index is 7.31. The number of hydrogen-bond acceptors (Lipinski definition) is 6. The van der Waals surface area contributed by atoms with E-state index in [9.17, 15) is 0 Å². The molecule has 8 heteroatoms. The average molecular weight is 410 g/mol. The fourth-order valence-electron chi connectivity index (χ4n) is 3.22. The van der Waals surface area contributed by atoms with E-state index < -0.39 is 0 Å². The second-order valence-electron chi connectivity index (χ2n) is 6.61. The second kappa shape index (κ2) is 8.52. The summed E-state index contributed by atoms with van der Waals surface area (Å²) in [7, 11) is 1.59. The number of hydrogen-bond donors (Lipinski definition) is 1. The molecule has 3 aromatic rings. The molecular formula is C21H20ClN5O2. The summed E-state index contributed by atoms with van der Waals surface area (Å²) in [5, 5.41) is 4.76. The van der Waals surface area contributed by atoms with Crippen molar-refractivity contribution in [2.24, 2.45) is 0 Å². The van der Waals surface area contributed by atoms with Gasteiger partial charge < -0.3 is 19.7 Å². The molecule has 1 saturated heterocycles. The number of rotatable bonds is 5. The van der Waals surface area contributed by atoms with Gasteiger partial charge in [0.05, 0.1) is 37.4 Å². The first-order valence-corrected chi connectivity index (χ1v) is 9.64. The van der Waals surface area contributed by atoms with Crippen LogP contribution in [0.1, 0.15) is 5.56 Å². The molecule has 1 aliphatic heterocycles. The predicted octanol–water partition coefficient (Wildman–Crippen LogP) is 4.29. The topological polar surface area (TPSA) is 63.9 Å². The number of nitrogens with one attached hydrogen (secondary N) is 1. The lowest BCUT2D eigenvalue weighted by Crippen LogP contribution is -2.37. The van der Waals surface area contributed by atoms with Gasteiger partial charge in [0.25, 0.3) is 0 Å². The highest BCUT2D eigenvalue weighted by Crippen LogP contribution is 2.29. The zero-order valence-electron chi connectivity index (χ0n) is 16.0. The number of aromatic nitrogens is 2. The number of nitrogens with zero attached hydrogens (tertiary/aromatic N) is 4. The minimum absolute atomic E-state index is 0.528. The maximum absolute atomic E-state index is 7.31. The van der Waals surface area contributed by atoms with Crippen LogP contribution < -0.4 is 15.0 Å². The molecule has 0 unspecified atom stereocenters. The summed E-state index contributed by atoms with van der Waals surface area (Å²) in [5.41, 5.74) is 2.34. The molecule has 4 rings (SSSR count). The van der Waals surface area contributed by atoms with Gasteiger partial charge in [-0.2, -0.15) is 4.98 Å². The highest BCUT2D eigenvalue weighted by Gasteiger charge is 2.17. The van der Waals surface area contributed by atoms with Crippen LogP contribution >= 0.6 is 11.6 Å². The molecule has 7 nitrogen and oxygen atoms in total. The van der Waals surface area contributed by atoms with Crippen LogP contribution in [0.2, 0.25) is 5.02 Å². The fraction of sp³-hybridized carbons (Fsp3) is 0.286. The van der Waals surface area contributed by atoms with Gasteiger partial charge in [-0.25, -0.2) is 9.83 Å². The molecule has 1 N–H and O–H groups in total. The normalized spacial score (nSPS) is 13.9. The van der Waals surface area contributed by atoms with Crippen molar-refractivity contribution in [1.82, 2.24) is 9.97 Å². The Morgan fingerprint density at radius 2 is 2.03 bits per heavy atom. The van der Waals surface area contributed by atoms with Crippen molar-refractivity contribution >= 4 is 40.0 Å². The summed E-state index contributed by atoms with van der Waals surface area (Å²) >= 11 is 6.24. The first-order valence-electron chi connectivity index (χ1n) is 9.26. The average Bonchev–Trinajstić information content (AvgIpc) is 2.77. The van der Waals surface area contributed by atoms with Crippen molar-refractivity contribution in [3.63, 3.8) is 0 Å². The summed E-state index contributed by atoms with van der Waals surface area (Å²) < 4.78 is 10.6. The number of anilines is 2. The van der Waals surface area contributed by atoms with E-state index in [0.717, 1.165) is 29.6 Å². The van der Waals surface area contributed by atoms with E-state index in [1.165, 1.54) is 0 Å². The standard InChI is InChI=1S/C21H20ClN5O2/c1-23-15-4-5-18-16(12-15)20(26-21(25-18)27-7-9-29-10-8-27)24-13-14-3-6-19(28-2)17(22)11-14/h3-6,11-12H,7-10,13H2,2H3,(H,24,25,26). The monoisotopic (exact) mass is 409 g/mol. The van der Waals surface area contributed by atoms with Gasteiger partial charge >= 0.3 is 0 Å². The summed E-state index contributed by atoms with van der Waals surface area (Å²) in [4.78, 5) is 15.1. The molecule has 2 aromatic carbocycles. The molecule has 148 valence electrons. The zero-order valence-corrected chi connectivity index (χ0v) is 16.7. The second-order valence-corrected chi connectivity index (χ2v) is 7.01. The summed E-state index contributed by atoms with van der Waals surface area (Å²) in [5.74, 6) is 1.99. The molecule has 1 fully saturated rings. The molecule has 0 amide bonds. The van der Waals surface area contributed by atoms with E-state index in [2.05, 4.69) is 15.1 Å². The van der Waals surface area contributed by atoms with Gasteiger partial charge in [0.1, 0.15) is 11.6 Å². The molecule has 1 aliphatic rings. The van der Waals surface area contributed by atoms with Gasteiger partial charge in [0.2, 0.25) is 5.95 Å². The lowest BCUT2D eigenvalue weighted by atomic mass is 10.2. The highest BCUT2D eigenvalue weighted by atomic mass is 35.5. The van der Waals surface area contributed by atoms with Crippen molar-refractivity contribution < 1.29 is 9.47 Å². The molecule has 0 saturated carbocycles. The molecule has 29 heavy (non-hydrogen) atoms. The van der Waals surface area contributed by atoms with Crippen molar-refractivity contribution in [3.05, 3.63) is 58.4 Å². The van der Waals surface area contributed by atoms with Crippen molar-refractivity contribution in [3.8, 4) is 5.75 Å². The molecule has 0 spiro atoms. The van der Waals surface area contributed by atoms with E-state index in [1.54, 1.807) is 13.2 Å². The number of fused-ring (bicyclic) bond motifs is 1. The van der Waals surface area contributed by atoms with Gasteiger partial charge in [-0.05, 0) is 29.8 Å². The van der Waals surface area contributed by atoms with Gasteiger partial charge in [0.15, 0.2) is 5.69 Å². The van der Waals surface area contributed by atoms with Gasteiger partial charge in [-0.15, -0.1) is 0 Å². The van der Waals surface area contributed by atoms with Crippen LogP contribution in [0.3, 0.4) is 0 Å². The number of morpholine rings is 1. The third-order valence-electron chi connectivity index (χ3n) is 4.77. The summed E-state index contributed by atoms with van der Waals surface area (Å²) in [6.07, 6.45) is 0. The Balaban J connectivity index is 1.68. The third kappa shape index (κ3) is 4.19. The first-order chi connectivity index (χ1) is 14.2. The molecular weight excluding hydrogens is 390 g/mol. The number of methoxy groups -OCH3 is 1. The maximum Gasteiger partial charge on any atom is 0.228 e. The van der Waals surface area contributed by atoms with E-state index in [1.807, 2.05) is 30.3 Å². The number of halogens is 1. The molecule has 2 heterocycles. The van der Waals surface area contributed by atoms with Gasteiger partial charge in [-0.3, -0.25) is 0 Å². The van der Waals surface area contributed by atoms with Crippen molar-refractivity contribution in [2.75, 3.05) is 43.6 Å². The van der Waals surface area contributed by atoms with Gasteiger partial charge in [0, 0.05) is 25.0 Å². The fourth-order valence-corrected chi connectivity index (χ4v) is 3.50. The van der Waals surface area contributed by atoms with E-state index in [0.29, 0.717) is 48.0 Å². The Bertz CT molecular complexity index is 1080. The van der Waals surface area contributed by atoms with Crippen LogP contribution in [0.5, 0.6) is 5.75 Å². The van der Waals surface area contributed by atoms with E-state index in [-0.39, 0.29) is 0 Å². The van der Waals surface area contributed by atoms with Crippen LogP contribution in [0, 0.1) is 6.57 Å². The summed E-state index contributed by atoms with van der Waals surface area (Å²) in [6, 6.07) is 11.1. The van der Waals surface area contributed by atoms with Crippen LogP contribution in [0.25, 0.3) is 15.7 Å². The Morgan fingerprint density at radius 1 is 1.21 bits per heavy atom. The number of ether oxygens (including phenoxy) is 2.